The highest BCUT2D eigenvalue weighted by molar-refractivity contribution is 8.00. The molecule has 0 radical (unpaired) electrons. The molecule has 5 nitrogen and oxygen atoms in total. The lowest BCUT2D eigenvalue weighted by atomic mass is 9.70. The Hall–Kier alpha value is -1.69. The summed E-state index contributed by atoms with van der Waals surface area (Å²) in [7, 11) is 0. The van der Waals surface area contributed by atoms with E-state index in [-0.39, 0.29) is 23.3 Å². The van der Waals surface area contributed by atoms with Gasteiger partial charge in [0.2, 0.25) is 0 Å². The molecular formula is C17H21NO4S. The van der Waals surface area contributed by atoms with Crippen molar-refractivity contribution in [2.24, 2.45) is 5.92 Å². The molecular weight excluding hydrogens is 314 g/mol. The van der Waals surface area contributed by atoms with Crippen molar-refractivity contribution in [1.29, 1.82) is 0 Å². The molecule has 6 heteroatoms. The fraction of sp³-hybridized carbons (Fsp3) is 0.529. The lowest BCUT2D eigenvalue weighted by Gasteiger charge is -2.49. The Kier molecular flexibility index (Phi) is 4.80. The molecule has 1 spiro atoms. The van der Waals surface area contributed by atoms with Gasteiger partial charge in [-0.3, -0.25) is 4.79 Å². The van der Waals surface area contributed by atoms with Crippen molar-refractivity contribution in [3.63, 3.8) is 0 Å². The zero-order valence-corrected chi connectivity index (χ0v) is 13.7. The second-order valence-corrected chi connectivity index (χ2v) is 7.93. The average Bonchev–Trinajstić information content (AvgIpc) is 2.51. The van der Waals surface area contributed by atoms with Crippen molar-refractivity contribution >= 4 is 23.8 Å². The number of benzene rings is 1. The fourth-order valence-electron chi connectivity index (χ4n) is 3.38. The predicted octanol–water partition coefficient (Wildman–Crippen LogP) is 3.04. The van der Waals surface area contributed by atoms with Gasteiger partial charge >= 0.3 is 12.1 Å². The van der Waals surface area contributed by atoms with Crippen molar-refractivity contribution in [1.82, 2.24) is 5.32 Å². The van der Waals surface area contributed by atoms with E-state index >= 15 is 0 Å². The number of aliphatic carboxylic acids is 1. The molecule has 0 bridgehead atoms. The molecule has 2 N–H and O–H groups in total. The zero-order chi connectivity index (χ0) is 16.3. The van der Waals surface area contributed by atoms with Gasteiger partial charge < -0.3 is 15.2 Å². The highest BCUT2D eigenvalue weighted by atomic mass is 32.2. The molecule has 0 aromatic heterocycles. The first-order chi connectivity index (χ1) is 11.1. The Balaban J connectivity index is 1.45. The molecule has 1 atom stereocenters. The highest BCUT2D eigenvalue weighted by Gasteiger charge is 2.50. The number of carboxylic acids is 1. The van der Waals surface area contributed by atoms with Crippen LogP contribution in [0.3, 0.4) is 0 Å². The van der Waals surface area contributed by atoms with Gasteiger partial charge in [-0.05, 0) is 37.0 Å². The number of alkyl carbamates (subject to hydrolysis) is 1. The van der Waals surface area contributed by atoms with Crippen LogP contribution in [0.15, 0.2) is 30.3 Å². The number of hydrogen-bond donors (Lipinski definition) is 2. The maximum absolute atomic E-state index is 11.9. The van der Waals surface area contributed by atoms with Crippen LogP contribution in [0.5, 0.6) is 0 Å². The zero-order valence-electron chi connectivity index (χ0n) is 12.9. The summed E-state index contributed by atoms with van der Waals surface area (Å²) in [6, 6.07) is 9.66. The number of ether oxygens (including phenoxy) is 1. The van der Waals surface area contributed by atoms with Crippen molar-refractivity contribution in [3.8, 4) is 0 Å². The Morgan fingerprint density at radius 3 is 2.70 bits per heavy atom. The summed E-state index contributed by atoms with van der Waals surface area (Å²) < 4.78 is 5.30. The van der Waals surface area contributed by atoms with Crippen LogP contribution in [0.1, 0.15) is 31.2 Å². The Morgan fingerprint density at radius 2 is 2.00 bits per heavy atom. The maximum atomic E-state index is 11.9. The smallest absolute Gasteiger partial charge is 0.407 e. The minimum atomic E-state index is -0.700. The highest BCUT2D eigenvalue weighted by Crippen LogP contribution is 2.53. The number of carboxylic acid groups (broad SMARTS) is 1. The number of rotatable bonds is 4. The van der Waals surface area contributed by atoms with Gasteiger partial charge in [-0.25, -0.2) is 4.79 Å². The van der Waals surface area contributed by atoms with Crippen LogP contribution in [0.4, 0.5) is 4.79 Å². The lowest BCUT2D eigenvalue weighted by Crippen LogP contribution is -2.52. The molecule has 1 aromatic carbocycles. The largest absolute Gasteiger partial charge is 0.481 e. The summed E-state index contributed by atoms with van der Waals surface area (Å²) in [5, 5.41) is 12.0. The van der Waals surface area contributed by atoms with Crippen LogP contribution in [0, 0.1) is 5.92 Å². The van der Waals surface area contributed by atoms with Crippen LogP contribution in [-0.2, 0) is 16.1 Å². The topological polar surface area (TPSA) is 75.6 Å². The van der Waals surface area contributed by atoms with E-state index in [0.717, 1.165) is 24.2 Å². The molecule has 1 heterocycles. The van der Waals surface area contributed by atoms with E-state index < -0.39 is 12.1 Å². The molecule has 1 aromatic rings. The van der Waals surface area contributed by atoms with Crippen LogP contribution in [0.2, 0.25) is 0 Å². The van der Waals surface area contributed by atoms with E-state index in [1.54, 1.807) is 0 Å². The van der Waals surface area contributed by atoms with Gasteiger partial charge in [0.05, 0.1) is 5.92 Å². The summed E-state index contributed by atoms with van der Waals surface area (Å²) in [6.45, 7) is 0.264. The van der Waals surface area contributed by atoms with Gasteiger partial charge in [-0.15, -0.1) is 0 Å². The van der Waals surface area contributed by atoms with Gasteiger partial charge in [-0.1, -0.05) is 30.3 Å². The van der Waals surface area contributed by atoms with E-state index in [4.69, 9.17) is 9.84 Å². The third kappa shape index (κ3) is 3.99. The summed E-state index contributed by atoms with van der Waals surface area (Å²) >= 11 is 1.86. The number of nitrogens with one attached hydrogen (secondary N) is 1. The van der Waals surface area contributed by atoms with E-state index in [1.807, 2.05) is 42.1 Å². The molecule has 124 valence electrons. The standard InChI is InChI=1S/C17H21NO4S/c19-15(20)13-8-17(9-13)10-14(6-7-23-17)18-16(21)22-11-12-4-2-1-3-5-12/h1-5,13-14H,6-11H2,(H,18,21)(H,19,20). The molecule has 1 saturated carbocycles. The molecule has 1 aliphatic carbocycles. The van der Waals surface area contributed by atoms with E-state index in [2.05, 4.69) is 5.32 Å². The number of hydrogen-bond acceptors (Lipinski definition) is 4. The molecule has 1 saturated heterocycles. The third-order valence-electron chi connectivity index (χ3n) is 4.61. The van der Waals surface area contributed by atoms with Crippen LogP contribution in [0.25, 0.3) is 0 Å². The minimum Gasteiger partial charge on any atom is -0.481 e. The molecule has 23 heavy (non-hydrogen) atoms. The summed E-state index contributed by atoms with van der Waals surface area (Å²) in [5.41, 5.74) is 0.960. The molecule has 1 amide bonds. The summed E-state index contributed by atoms with van der Waals surface area (Å²) in [5.74, 6) is 0.0375. The second-order valence-electron chi connectivity index (χ2n) is 6.37. The maximum Gasteiger partial charge on any atom is 0.407 e. The van der Waals surface area contributed by atoms with Gasteiger partial charge in [0, 0.05) is 10.8 Å². The first-order valence-electron chi connectivity index (χ1n) is 7.90. The third-order valence-corrected chi connectivity index (χ3v) is 6.17. The van der Waals surface area contributed by atoms with Crippen LogP contribution in [-0.4, -0.2) is 33.7 Å². The normalized spacial score (nSPS) is 29.6. The van der Waals surface area contributed by atoms with Crippen LogP contribution >= 0.6 is 11.8 Å². The first kappa shape index (κ1) is 16.2. The van der Waals surface area contributed by atoms with Gasteiger partial charge in [0.15, 0.2) is 0 Å². The number of amides is 1. The summed E-state index contributed by atoms with van der Waals surface area (Å²) in [6.07, 6.45) is 2.77. The average molecular weight is 335 g/mol. The SMILES string of the molecule is O=C(NC1CCSC2(C1)CC(C(=O)O)C2)OCc1ccccc1. The number of thioether (sulfide) groups is 1. The molecule has 1 unspecified atom stereocenters. The van der Waals surface area contributed by atoms with Crippen molar-refractivity contribution < 1.29 is 19.4 Å². The molecule has 2 fully saturated rings. The number of carbonyl (C=O) groups excluding carboxylic acids is 1. The minimum absolute atomic E-state index is 0.0404. The van der Waals surface area contributed by atoms with Gasteiger partial charge in [-0.2, -0.15) is 11.8 Å². The molecule has 2 aliphatic rings. The monoisotopic (exact) mass is 335 g/mol. The lowest BCUT2D eigenvalue weighted by molar-refractivity contribution is -0.145. The fourth-order valence-corrected chi connectivity index (χ4v) is 5.17. The Morgan fingerprint density at radius 1 is 1.26 bits per heavy atom. The summed E-state index contributed by atoms with van der Waals surface area (Å²) in [4.78, 5) is 22.9. The van der Waals surface area contributed by atoms with Gasteiger partial charge in [0.1, 0.15) is 6.61 Å². The number of carbonyl (C=O) groups is 2. The molecule has 3 rings (SSSR count). The van der Waals surface area contributed by atoms with E-state index in [9.17, 15) is 9.59 Å². The van der Waals surface area contributed by atoms with Crippen molar-refractivity contribution in [3.05, 3.63) is 35.9 Å². The van der Waals surface area contributed by atoms with Crippen LogP contribution < -0.4 is 5.32 Å². The predicted molar refractivity (Wildman–Crippen MR) is 88.3 cm³/mol. The first-order valence-corrected chi connectivity index (χ1v) is 8.89. The second kappa shape index (κ2) is 6.83. The molecule has 1 aliphatic heterocycles. The Labute approximate surface area is 139 Å². The Bertz CT molecular complexity index is 571. The van der Waals surface area contributed by atoms with E-state index in [1.165, 1.54) is 0 Å². The quantitative estimate of drug-likeness (QED) is 0.884. The van der Waals surface area contributed by atoms with E-state index in [0.29, 0.717) is 12.8 Å². The van der Waals surface area contributed by atoms with Crippen molar-refractivity contribution in [2.75, 3.05) is 5.75 Å². The van der Waals surface area contributed by atoms with Gasteiger partial charge in [0.25, 0.3) is 0 Å². The van der Waals surface area contributed by atoms with Crippen molar-refractivity contribution in [2.45, 2.75) is 43.1 Å².